The average molecular weight is 295 g/mol. The maximum absolute atomic E-state index is 12.9. The van der Waals surface area contributed by atoms with E-state index in [9.17, 15) is 9.18 Å². The molecule has 2 aromatic rings. The molecule has 0 saturated heterocycles. The molecule has 0 spiro atoms. The Morgan fingerprint density at radius 2 is 2.05 bits per heavy atom. The predicted octanol–water partition coefficient (Wildman–Crippen LogP) is 3.16. The Kier molecular flexibility index (Phi) is 4.27. The van der Waals surface area contributed by atoms with Crippen LogP contribution in [-0.4, -0.2) is 21.0 Å². The summed E-state index contributed by atoms with van der Waals surface area (Å²) >= 11 is 5.80. The Morgan fingerprint density at radius 3 is 2.65 bits per heavy atom. The topological polar surface area (TPSA) is 72.3 Å². The molecule has 0 unspecified atom stereocenters. The first kappa shape index (κ1) is 14.0. The van der Waals surface area contributed by atoms with Gasteiger partial charge in [-0.3, -0.25) is 0 Å². The average Bonchev–Trinajstić information content (AvgIpc) is 2.41. The molecule has 7 heteroatoms. The molecule has 5 nitrogen and oxygen atoms in total. The van der Waals surface area contributed by atoms with Gasteiger partial charge in [0.05, 0.1) is 5.02 Å². The molecule has 1 aromatic heterocycles. The van der Waals surface area contributed by atoms with Crippen molar-refractivity contribution >= 4 is 23.6 Å². The van der Waals surface area contributed by atoms with E-state index in [0.29, 0.717) is 5.56 Å². The lowest BCUT2D eigenvalue weighted by Crippen LogP contribution is -1.93. The number of nitrogens with zero attached hydrogens (tertiary/aromatic N) is 2. The summed E-state index contributed by atoms with van der Waals surface area (Å²) in [6.45, 7) is 0. The van der Waals surface area contributed by atoms with Crippen LogP contribution in [0.4, 0.5) is 4.39 Å². The van der Waals surface area contributed by atoms with Crippen molar-refractivity contribution < 1.29 is 19.0 Å². The van der Waals surface area contributed by atoms with Crippen LogP contribution in [0.2, 0.25) is 5.02 Å². The second-order valence-corrected chi connectivity index (χ2v) is 4.05. The van der Waals surface area contributed by atoms with Crippen LogP contribution in [0.3, 0.4) is 0 Å². The number of halogens is 2. The third-order valence-electron chi connectivity index (χ3n) is 2.16. The first-order valence-electron chi connectivity index (χ1n) is 5.40. The minimum Gasteiger partial charge on any atom is -0.478 e. The molecule has 0 aliphatic rings. The van der Waals surface area contributed by atoms with E-state index >= 15 is 0 Å². The van der Waals surface area contributed by atoms with Gasteiger partial charge in [0.15, 0.2) is 0 Å². The fraction of sp³-hybridized carbons (Fsp3) is 0. The first-order valence-corrected chi connectivity index (χ1v) is 5.78. The van der Waals surface area contributed by atoms with Crippen LogP contribution in [0.25, 0.3) is 6.08 Å². The Labute approximate surface area is 118 Å². The minimum absolute atomic E-state index is 0.0194. The van der Waals surface area contributed by atoms with Crippen LogP contribution < -0.4 is 4.74 Å². The molecule has 1 heterocycles. The summed E-state index contributed by atoms with van der Waals surface area (Å²) in [7, 11) is 0. The molecule has 0 fully saturated rings. The highest BCUT2D eigenvalue weighted by Gasteiger charge is 2.06. The van der Waals surface area contributed by atoms with E-state index in [2.05, 4.69) is 9.97 Å². The Bertz CT molecular complexity index is 659. The largest absolute Gasteiger partial charge is 0.478 e. The number of aromatic nitrogens is 2. The Balaban J connectivity index is 2.12. The number of carboxylic acids is 1. The maximum Gasteiger partial charge on any atom is 0.328 e. The molecule has 102 valence electrons. The highest BCUT2D eigenvalue weighted by Crippen LogP contribution is 2.27. The molecule has 0 saturated carbocycles. The smallest absolute Gasteiger partial charge is 0.328 e. The molecule has 2 rings (SSSR count). The van der Waals surface area contributed by atoms with Gasteiger partial charge >= 0.3 is 12.0 Å². The van der Waals surface area contributed by atoms with Gasteiger partial charge in [-0.25, -0.2) is 19.2 Å². The van der Waals surface area contributed by atoms with Crippen molar-refractivity contribution in [3.63, 3.8) is 0 Å². The minimum atomic E-state index is -1.07. The van der Waals surface area contributed by atoms with Crippen molar-refractivity contribution in [3.8, 4) is 11.8 Å². The van der Waals surface area contributed by atoms with Crippen LogP contribution in [-0.2, 0) is 4.79 Å². The van der Waals surface area contributed by atoms with E-state index in [1.54, 1.807) is 0 Å². The quantitative estimate of drug-likeness (QED) is 0.877. The van der Waals surface area contributed by atoms with Gasteiger partial charge in [0.25, 0.3) is 0 Å². The van der Waals surface area contributed by atoms with Gasteiger partial charge in [-0.05, 0) is 24.3 Å². The molecular formula is C13H8ClFN2O3. The van der Waals surface area contributed by atoms with Gasteiger partial charge in [-0.15, -0.1) is 0 Å². The van der Waals surface area contributed by atoms with Crippen molar-refractivity contribution in [1.29, 1.82) is 0 Å². The molecule has 0 aliphatic heterocycles. The van der Waals surface area contributed by atoms with Crippen molar-refractivity contribution in [2.24, 2.45) is 0 Å². The number of rotatable bonds is 4. The molecule has 1 aromatic carbocycles. The summed E-state index contributed by atoms with van der Waals surface area (Å²) in [6.07, 6.45) is 5.09. The highest BCUT2D eigenvalue weighted by molar-refractivity contribution is 6.32. The van der Waals surface area contributed by atoms with Gasteiger partial charge in [-0.2, -0.15) is 0 Å². The van der Waals surface area contributed by atoms with Gasteiger partial charge in [0.2, 0.25) is 0 Å². The summed E-state index contributed by atoms with van der Waals surface area (Å²) in [5.41, 5.74) is 0.505. The second kappa shape index (κ2) is 6.12. The Hall–Kier alpha value is -2.47. The molecule has 0 atom stereocenters. The van der Waals surface area contributed by atoms with Gasteiger partial charge in [0, 0.05) is 24.0 Å². The predicted molar refractivity (Wildman–Crippen MR) is 70.2 cm³/mol. The monoisotopic (exact) mass is 294 g/mol. The van der Waals surface area contributed by atoms with Crippen LogP contribution in [0.15, 0.2) is 36.7 Å². The van der Waals surface area contributed by atoms with E-state index in [-0.39, 0.29) is 16.8 Å². The van der Waals surface area contributed by atoms with E-state index < -0.39 is 11.8 Å². The molecule has 1 N–H and O–H groups in total. The standard InChI is InChI=1S/C13H8ClFN2O3/c14-10-5-9(15)2-3-11(10)20-13-16-6-8(7-17-13)1-4-12(18)19/h1-7H,(H,18,19)/b4-1+. The second-order valence-electron chi connectivity index (χ2n) is 3.65. The SMILES string of the molecule is O=C(O)/C=C/c1cnc(Oc2ccc(F)cc2Cl)nc1. The normalized spacial score (nSPS) is 10.7. The highest BCUT2D eigenvalue weighted by atomic mass is 35.5. The Morgan fingerprint density at radius 1 is 1.35 bits per heavy atom. The van der Waals surface area contributed by atoms with Crippen molar-refractivity contribution in [2.45, 2.75) is 0 Å². The lowest BCUT2D eigenvalue weighted by molar-refractivity contribution is -0.131. The summed E-state index contributed by atoms with van der Waals surface area (Å²) < 4.78 is 18.1. The van der Waals surface area contributed by atoms with E-state index in [1.807, 2.05) is 0 Å². The molecule has 0 amide bonds. The van der Waals surface area contributed by atoms with Gasteiger partial charge in [0.1, 0.15) is 11.6 Å². The lowest BCUT2D eigenvalue weighted by Gasteiger charge is -2.05. The molecular weight excluding hydrogens is 287 g/mol. The number of hydrogen-bond donors (Lipinski definition) is 1. The van der Waals surface area contributed by atoms with Crippen molar-refractivity contribution in [3.05, 3.63) is 53.1 Å². The molecule has 20 heavy (non-hydrogen) atoms. The van der Waals surface area contributed by atoms with E-state index in [0.717, 1.165) is 12.1 Å². The third-order valence-corrected chi connectivity index (χ3v) is 2.46. The van der Waals surface area contributed by atoms with E-state index in [1.165, 1.54) is 30.6 Å². The van der Waals surface area contributed by atoms with Gasteiger partial charge in [-0.1, -0.05) is 11.6 Å². The molecule has 0 radical (unpaired) electrons. The number of hydrogen-bond acceptors (Lipinski definition) is 4. The van der Waals surface area contributed by atoms with Gasteiger partial charge < -0.3 is 9.84 Å². The first-order chi connectivity index (χ1) is 9.54. The van der Waals surface area contributed by atoms with Crippen molar-refractivity contribution in [2.75, 3.05) is 0 Å². The maximum atomic E-state index is 12.9. The number of benzene rings is 1. The number of carbonyl (C=O) groups is 1. The summed E-state index contributed by atoms with van der Waals surface area (Å²) in [6, 6.07) is 3.69. The summed E-state index contributed by atoms with van der Waals surface area (Å²) in [5.74, 6) is -1.32. The number of ether oxygens (including phenoxy) is 1. The van der Waals surface area contributed by atoms with E-state index in [4.69, 9.17) is 21.4 Å². The third kappa shape index (κ3) is 3.76. The zero-order chi connectivity index (χ0) is 14.5. The number of carboxylic acid groups (broad SMARTS) is 1. The number of aliphatic carboxylic acids is 1. The summed E-state index contributed by atoms with van der Waals surface area (Å²) in [4.78, 5) is 18.1. The lowest BCUT2D eigenvalue weighted by atomic mass is 10.3. The molecule has 0 bridgehead atoms. The van der Waals surface area contributed by atoms with Crippen LogP contribution >= 0.6 is 11.6 Å². The zero-order valence-corrected chi connectivity index (χ0v) is 10.7. The van der Waals surface area contributed by atoms with Crippen molar-refractivity contribution in [1.82, 2.24) is 9.97 Å². The summed E-state index contributed by atoms with van der Waals surface area (Å²) in [5, 5.41) is 8.58. The van der Waals surface area contributed by atoms with Crippen LogP contribution in [0.5, 0.6) is 11.8 Å². The van der Waals surface area contributed by atoms with Crippen LogP contribution in [0.1, 0.15) is 5.56 Å². The molecule has 0 aliphatic carbocycles. The zero-order valence-electron chi connectivity index (χ0n) is 9.96. The van der Waals surface area contributed by atoms with Crippen LogP contribution in [0, 0.1) is 5.82 Å². The fourth-order valence-electron chi connectivity index (χ4n) is 1.29. The fourth-order valence-corrected chi connectivity index (χ4v) is 1.49.